The number of hydrogen-bond donors (Lipinski definition) is 2. The maximum atomic E-state index is 11.6. The molecular weight excluding hydrogens is 278 g/mol. The van der Waals surface area contributed by atoms with Gasteiger partial charge in [0.1, 0.15) is 5.75 Å². The summed E-state index contributed by atoms with van der Waals surface area (Å²) >= 11 is 5.76. The Morgan fingerprint density at radius 2 is 2.00 bits per heavy atom. The first-order valence-electron chi connectivity index (χ1n) is 6.98. The van der Waals surface area contributed by atoms with Gasteiger partial charge in [0.2, 0.25) is 0 Å². The Morgan fingerprint density at radius 3 is 2.65 bits per heavy atom. The molecule has 0 aliphatic heterocycles. The molecule has 4 nitrogen and oxygen atoms in total. The van der Waals surface area contributed by atoms with Gasteiger partial charge in [-0.1, -0.05) is 24.4 Å². The Balaban J connectivity index is 1.66. The van der Waals surface area contributed by atoms with Crippen LogP contribution in [-0.2, 0) is 4.79 Å². The molecule has 5 heteroatoms. The molecule has 1 unspecified atom stereocenters. The Hall–Kier alpha value is -1.26. The second-order valence-corrected chi connectivity index (χ2v) is 5.59. The molecule has 0 spiro atoms. The summed E-state index contributed by atoms with van der Waals surface area (Å²) < 4.78 is 5.33. The summed E-state index contributed by atoms with van der Waals surface area (Å²) in [6, 6.07) is 6.84. The molecule has 1 aromatic rings. The summed E-state index contributed by atoms with van der Waals surface area (Å²) in [5.74, 6) is 0.699. The van der Waals surface area contributed by atoms with Crippen molar-refractivity contribution in [2.24, 2.45) is 5.92 Å². The minimum atomic E-state index is -0.447. The third-order valence-electron chi connectivity index (χ3n) is 3.64. The minimum Gasteiger partial charge on any atom is -0.484 e. The van der Waals surface area contributed by atoms with Gasteiger partial charge in [-0.05, 0) is 43.0 Å². The monoisotopic (exact) mass is 297 g/mol. The van der Waals surface area contributed by atoms with Crippen LogP contribution >= 0.6 is 11.6 Å². The average Bonchev–Trinajstić information content (AvgIpc) is 2.98. The van der Waals surface area contributed by atoms with Crippen molar-refractivity contribution in [2.75, 3.05) is 13.2 Å². The first kappa shape index (κ1) is 15.1. The number of hydrogen-bond acceptors (Lipinski definition) is 3. The molecule has 1 saturated carbocycles. The van der Waals surface area contributed by atoms with Crippen molar-refractivity contribution in [1.29, 1.82) is 0 Å². The highest BCUT2D eigenvalue weighted by molar-refractivity contribution is 6.30. The Labute approximate surface area is 124 Å². The molecule has 110 valence electrons. The zero-order chi connectivity index (χ0) is 14.4. The zero-order valence-electron chi connectivity index (χ0n) is 11.3. The van der Waals surface area contributed by atoms with E-state index in [0.717, 1.165) is 12.8 Å². The van der Waals surface area contributed by atoms with E-state index in [4.69, 9.17) is 16.3 Å². The highest BCUT2D eigenvalue weighted by atomic mass is 35.5. The summed E-state index contributed by atoms with van der Waals surface area (Å²) in [5.41, 5.74) is 0. The SMILES string of the molecule is O=C(COc1ccc(Cl)cc1)NCC(O)C1CCCC1. The van der Waals surface area contributed by atoms with Gasteiger partial charge >= 0.3 is 0 Å². The normalized spacial score (nSPS) is 16.9. The number of nitrogens with one attached hydrogen (secondary N) is 1. The first-order valence-corrected chi connectivity index (χ1v) is 7.36. The lowest BCUT2D eigenvalue weighted by Crippen LogP contribution is -2.37. The predicted molar refractivity (Wildman–Crippen MR) is 77.9 cm³/mol. The van der Waals surface area contributed by atoms with E-state index in [2.05, 4.69) is 5.32 Å². The topological polar surface area (TPSA) is 58.6 Å². The van der Waals surface area contributed by atoms with E-state index in [0.29, 0.717) is 23.2 Å². The summed E-state index contributed by atoms with van der Waals surface area (Å²) in [6.45, 7) is 0.243. The van der Waals surface area contributed by atoms with Crippen LogP contribution in [0.1, 0.15) is 25.7 Å². The molecule has 1 aliphatic rings. The van der Waals surface area contributed by atoms with Crippen molar-refractivity contribution in [2.45, 2.75) is 31.8 Å². The third kappa shape index (κ3) is 4.69. The van der Waals surface area contributed by atoms with E-state index in [-0.39, 0.29) is 12.5 Å². The Morgan fingerprint density at radius 1 is 1.35 bits per heavy atom. The van der Waals surface area contributed by atoms with Crippen LogP contribution in [0, 0.1) is 5.92 Å². The average molecular weight is 298 g/mol. The van der Waals surface area contributed by atoms with E-state index in [1.807, 2.05) is 0 Å². The quantitative estimate of drug-likeness (QED) is 0.847. The fraction of sp³-hybridized carbons (Fsp3) is 0.533. The molecule has 1 fully saturated rings. The lowest BCUT2D eigenvalue weighted by molar-refractivity contribution is -0.123. The molecule has 1 aliphatic carbocycles. The summed E-state index contributed by atoms with van der Waals surface area (Å²) in [6.07, 6.45) is 4.01. The van der Waals surface area contributed by atoms with Gasteiger partial charge in [-0.15, -0.1) is 0 Å². The Bertz CT molecular complexity index is 429. The predicted octanol–water partition coefficient (Wildman–Crippen LogP) is 2.39. The summed E-state index contributed by atoms with van der Waals surface area (Å²) in [5, 5.41) is 13.3. The first-order chi connectivity index (χ1) is 9.65. The van der Waals surface area contributed by atoms with Crippen molar-refractivity contribution in [1.82, 2.24) is 5.32 Å². The van der Waals surface area contributed by atoms with Gasteiger partial charge in [-0.25, -0.2) is 0 Å². The minimum absolute atomic E-state index is 0.0565. The van der Waals surface area contributed by atoms with Crippen LogP contribution in [0.5, 0.6) is 5.75 Å². The molecule has 20 heavy (non-hydrogen) atoms. The fourth-order valence-corrected chi connectivity index (χ4v) is 2.58. The lowest BCUT2D eigenvalue weighted by Gasteiger charge is -2.18. The second-order valence-electron chi connectivity index (χ2n) is 5.16. The van der Waals surface area contributed by atoms with Gasteiger partial charge in [0, 0.05) is 11.6 Å². The van der Waals surface area contributed by atoms with Crippen molar-refractivity contribution >= 4 is 17.5 Å². The van der Waals surface area contributed by atoms with Crippen LogP contribution in [0.25, 0.3) is 0 Å². The van der Waals surface area contributed by atoms with Crippen molar-refractivity contribution in [3.05, 3.63) is 29.3 Å². The molecule has 1 atom stereocenters. The summed E-state index contributed by atoms with van der Waals surface area (Å²) in [4.78, 5) is 11.6. The van der Waals surface area contributed by atoms with Crippen LogP contribution in [0.15, 0.2) is 24.3 Å². The van der Waals surface area contributed by atoms with Crippen LogP contribution in [0.2, 0.25) is 5.02 Å². The molecule has 2 N–H and O–H groups in total. The number of amides is 1. The van der Waals surface area contributed by atoms with Crippen LogP contribution in [-0.4, -0.2) is 30.3 Å². The number of carbonyl (C=O) groups excluding carboxylic acids is 1. The molecule has 0 saturated heterocycles. The second kappa shape index (κ2) is 7.50. The third-order valence-corrected chi connectivity index (χ3v) is 3.89. The molecule has 0 radical (unpaired) electrons. The number of benzene rings is 1. The fourth-order valence-electron chi connectivity index (χ4n) is 2.46. The zero-order valence-corrected chi connectivity index (χ0v) is 12.1. The van der Waals surface area contributed by atoms with Gasteiger partial charge in [0.25, 0.3) is 5.91 Å². The van der Waals surface area contributed by atoms with Gasteiger partial charge < -0.3 is 15.2 Å². The number of rotatable bonds is 6. The standard InChI is InChI=1S/C15H20ClNO3/c16-12-5-7-13(8-6-12)20-10-15(19)17-9-14(18)11-3-1-2-4-11/h5-8,11,14,18H,1-4,9-10H2,(H,17,19). The number of carbonyl (C=O) groups is 1. The molecule has 0 bridgehead atoms. The van der Waals surface area contributed by atoms with Crippen molar-refractivity contribution in [3.63, 3.8) is 0 Å². The van der Waals surface area contributed by atoms with Gasteiger partial charge in [0.15, 0.2) is 6.61 Å². The lowest BCUT2D eigenvalue weighted by atomic mass is 10.0. The number of halogens is 1. The number of aliphatic hydroxyl groups excluding tert-OH is 1. The molecule has 0 heterocycles. The molecule has 1 amide bonds. The van der Waals surface area contributed by atoms with E-state index >= 15 is 0 Å². The number of ether oxygens (including phenoxy) is 1. The van der Waals surface area contributed by atoms with Crippen molar-refractivity contribution in [3.8, 4) is 5.75 Å². The highest BCUT2D eigenvalue weighted by Crippen LogP contribution is 2.27. The molecule has 0 aromatic heterocycles. The maximum Gasteiger partial charge on any atom is 0.258 e. The van der Waals surface area contributed by atoms with Crippen molar-refractivity contribution < 1.29 is 14.6 Å². The maximum absolute atomic E-state index is 11.6. The van der Waals surface area contributed by atoms with E-state index in [9.17, 15) is 9.90 Å². The molecule has 2 rings (SSSR count). The van der Waals surface area contributed by atoms with Gasteiger partial charge in [0.05, 0.1) is 6.10 Å². The molecular formula is C15H20ClNO3. The number of aliphatic hydroxyl groups is 1. The van der Waals surface area contributed by atoms with E-state index in [1.165, 1.54) is 12.8 Å². The van der Waals surface area contributed by atoms with Crippen LogP contribution < -0.4 is 10.1 Å². The van der Waals surface area contributed by atoms with Gasteiger partial charge in [-0.2, -0.15) is 0 Å². The smallest absolute Gasteiger partial charge is 0.258 e. The Kier molecular flexibility index (Phi) is 5.68. The van der Waals surface area contributed by atoms with Gasteiger partial charge in [-0.3, -0.25) is 4.79 Å². The van der Waals surface area contributed by atoms with Crippen LogP contribution in [0.4, 0.5) is 0 Å². The largest absolute Gasteiger partial charge is 0.484 e. The summed E-state index contributed by atoms with van der Waals surface area (Å²) in [7, 11) is 0. The van der Waals surface area contributed by atoms with E-state index < -0.39 is 6.10 Å². The highest BCUT2D eigenvalue weighted by Gasteiger charge is 2.23. The van der Waals surface area contributed by atoms with E-state index in [1.54, 1.807) is 24.3 Å². The van der Waals surface area contributed by atoms with Crippen LogP contribution in [0.3, 0.4) is 0 Å². The molecule has 1 aromatic carbocycles.